The minimum Gasteiger partial charge on any atom is -0.486 e. The van der Waals surface area contributed by atoms with E-state index < -0.39 is 16.1 Å². The smallest absolute Gasteiger partial charge is 0.316 e. The second-order valence-electron chi connectivity index (χ2n) is 5.71. The molecular weight excluding hydrogens is 384 g/mol. The Hall–Kier alpha value is -3.40. The molecule has 0 saturated carbocycles. The number of non-ortho nitro benzene ring substituents is 1. The van der Waals surface area contributed by atoms with Gasteiger partial charge in [-0.2, -0.15) is 0 Å². The summed E-state index contributed by atoms with van der Waals surface area (Å²) in [6, 6.07) is 15.0. The first-order valence-electron chi connectivity index (χ1n) is 8.22. The molecule has 1 N–H and O–H groups in total. The monoisotopic (exact) mass is 400 g/mol. The van der Waals surface area contributed by atoms with E-state index in [1.807, 2.05) is 30.3 Å². The molecule has 0 aliphatic carbocycles. The maximum absolute atomic E-state index is 11.2. The fourth-order valence-corrected chi connectivity index (χ4v) is 3.15. The van der Waals surface area contributed by atoms with Crippen molar-refractivity contribution in [3.05, 3.63) is 70.5 Å². The number of aliphatic carboxylic acids is 1. The topological polar surface area (TPSA) is 120 Å². The number of carboxylic acids is 1. The van der Waals surface area contributed by atoms with Crippen molar-refractivity contribution in [2.24, 2.45) is 0 Å². The number of aromatic nitrogens is 3. The van der Waals surface area contributed by atoms with E-state index in [0.717, 1.165) is 17.4 Å². The second kappa shape index (κ2) is 8.53. The molecular formula is C18H16N4O5S. The summed E-state index contributed by atoms with van der Waals surface area (Å²) in [6.45, 7) is 1.63. The van der Waals surface area contributed by atoms with Gasteiger partial charge in [0.05, 0.1) is 4.92 Å². The third kappa shape index (κ3) is 4.46. The first-order chi connectivity index (χ1) is 13.5. The maximum Gasteiger partial charge on any atom is 0.316 e. The van der Waals surface area contributed by atoms with Crippen molar-refractivity contribution in [2.75, 3.05) is 0 Å². The van der Waals surface area contributed by atoms with Crippen LogP contribution in [0.25, 0.3) is 5.69 Å². The Morgan fingerprint density at radius 2 is 1.89 bits per heavy atom. The van der Waals surface area contributed by atoms with Crippen LogP contribution in [-0.4, -0.2) is 36.0 Å². The van der Waals surface area contributed by atoms with Gasteiger partial charge in [-0.15, -0.1) is 10.2 Å². The molecule has 2 aromatic carbocycles. The maximum atomic E-state index is 11.2. The Bertz CT molecular complexity index is 975. The van der Waals surface area contributed by atoms with Crippen LogP contribution in [0.4, 0.5) is 5.69 Å². The van der Waals surface area contributed by atoms with Gasteiger partial charge in [0.1, 0.15) is 17.6 Å². The van der Waals surface area contributed by atoms with Gasteiger partial charge in [0.15, 0.2) is 11.0 Å². The van der Waals surface area contributed by atoms with E-state index >= 15 is 0 Å². The van der Waals surface area contributed by atoms with Gasteiger partial charge in [-0.3, -0.25) is 19.5 Å². The van der Waals surface area contributed by atoms with E-state index in [1.54, 1.807) is 11.5 Å². The summed E-state index contributed by atoms with van der Waals surface area (Å²) < 4.78 is 7.41. The Labute approximate surface area is 164 Å². The molecule has 0 amide bonds. The molecule has 9 nitrogen and oxygen atoms in total. The fraction of sp³-hybridized carbons (Fsp3) is 0.167. The highest BCUT2D eigenvalue weighted by molar-refractivity contribution is 8.00. The normalized spacial score (nSPS) is 11.8. The van der Waals surface area contributed by atoms with Crippen LogP contribution in [0, 0.1) is 10.1 Å². The first-order valence-corrected chi connectivity index (χ1v) is 9.10. The number of benzene rings is 2. The quantitative estimate of drug-likeness (QED) is 0.347. The average molecular weight is 400 g/mol. The van der Waals surface area contributed by atoms with Crippen LogP contribution < -0.4 is 4.74 Å². The molecule has 0 saturated heterocycles. The number of rotatable bonds is 8. The van der Waals surface area contributed by atoms with Crippen LogP contribution in [0.1, 0.15) is 12.7 Å². The van der Waals surface area contributed by atoms with Gasteiger partial charge in [-0.25, -0.2) is 0 Å². The number of hydrogen-bond donors (Lipinski definition) is 1. The van der Waals surface area contributed by atoms with Gasteiger partial charge in [0.2, 0.25) is 0 Å². The third-order valence-electron chi connectivity index (χ3n) is 3.76. The van der Waals surface area contributed by atoms with E-state index in [2.05, 4.69) is 10.2 Å². The van der Waals surface area contributed by atoms with Crippen molar-refractivity contribution in [3.63, 3.8) is 0 Å². The van der Waals surface area contributed by atoms with Crippen LogP contribution in [0.2, 0.25) is 0 Å². The molecule has 10 heteroatoms. The van der Waals surface area contributed by atoms with Gasteiger partial charge in [0.25, 0.3) is 5.69 Å². The Balaban J connectivity index is 1.85. The van der Waals surface area contributed by atoms with E-state index in [9.17, 15) is 20.0 Å². The summed E-state index contributed by atoms with van der Waals surface area (Å²) in [6.07, 6.45) is 0. The van der Waals surface area contributed by atoms with Gasteiger partial charge in [-0.05, 0) is 31.2 Å². The number of para-hydroxylation sites is 1. The minimum absolute atomic E-state index is 0.0267. The molecule has 144 valence electrons. The lowest BCUT2D eigenvalue weighted by atomic mass is 10.3. The summed E-state index contributed by atoms with van der Waals surface area (Å²) in [5.74, 6) is -0.0257. The lowest BCUT2D eigenvalue weighted by molar-refractivity contribution is -0.384. The fourth-order valence-electron chi connectivity index (χ4n) is 2.33. The van der Waals surface area contributed by atoms with Crippen LogP contribution in [-0.2, 0) is 11.4 Å². The number of thioether (sulfide) groups is 1. The summed E-state index contributed by atoms with van der Waals surface area (Å²) >= 11 is 1.08. The highest BCUT2D eigenvalue weighted by Gasteiger charge is 2.20. The number of nitro benzene ring substituents is 1. The predicted octanol–water partition coefficient (Wildman–Crippen LogP) is 3.32. The van der Waals surface area contributed by atoms with Gasteiger partial charge in [0, 0.05) is 17.8 Å². The van der Waals surface area contributed by atoms with E-state index in [4.69, 9.17) is 4.74 Å². The highest BCUT2D eigenvalue weighted by Crippen LogP contribution is 2.26. The van der Waals surface area contributed by atoms with Crippen LogP contribution in [0.5, 0.6) is 5.75 Å². The van der Waals surface area contributed by atoms with Crippen LogP contribution in [0.15, 0.2) is 59.8 Å². The highest BCUT2D eigenvalue weighted by atomic mass is 32.2. The lowest BCUT2D eigenvalue weighted by Crippen LogP contribution is -2.13. The number of nitrogens with zero attached hydrogens (tertiary/aromatic N) is 4. The Morgan fingerprint density at radius 3 is 2.50 bits per heavy atom. The molecule has 0 aliphatic rings. The standard InChI is InChI=1S/C18H16N4O5S/c1-12(17(23)24)28-18-20-19-16(21(18)13-5-3-2-4-6-13)11-27-15-9-7-14(8-10-15)22(25)26/h2-10,12H,11H2,1H3,(H,23,24)/t12-/m0/s1. The molecule has 0 bridgehead atoms. The van der Waals surface area contributed by atoms with E-state index in [0.29, 0.717) is 16.7 Å². The average Bonchev–Trinajstić information content (AvgIpc) is 3.09. The van der Waals surface area contributed by atoms with Crippen molar-refractivity contribution in [2.45, 2.75) is 23.9 Å². The lowest BCUT2D eigenvalue weighted by Gasteiger charge is -2.12. The zero-order chi connectivity index (χ0) is 20.1. The van der Waals surface area contributed by atoms with E-state index in [1.165, 1.54) is 24.3 Å². The minimum atomic E-state index is -0.948. The zero-order valence-electron chi connectivity index (χ0n) is 14.8. The van der Waals surface area contributed by atoms with E-state index in [-0.39, 0.29) is 12.3 Å². The Morgan fingerprint density at radius 1 is 1.21 bits per heavy atom. The molecule has 0 unspecified atom stereocenters. The zero-order valence-corrected chi connectivity index (χ0v) is 15.6. The molecule has 28 heavy (non-hydrogen) atoms. The second-order valence-corrected chi connectivity index (χ2v) is 7.02. The van der Waals surface area contributed by atoms with Crippen molar-refractivity contribution < 1.29 is 19.6 Å². The molecule has 1 aromatic heterocycles. The molecule has 1 atom stereocenters. The molecule has 0 radical (unpaired) electrons. The number of hydrogen-bond acceptors (Lipinski definition) is 7. The molecule has 0 aliphatic heterocycles. The van der Waals surface area contributed by atoms with Crippen LogP contribution >= 0.6 is 11.8 Å². The first kappa shape index (κ1) is 19.4. The third-order valence-corrected chi connectivity index (χ3v) is 4.79. The number of carboxylic acid groups (broad SMARTS) is 1. The summed E-state index contributed by atoms with van der Waals surface area (Å²) in [4.78, 5) is 21.4. The molecule has 3 aromatic rings. The predicted molar refractivity (Wildman–Crippen MR) is 102 cm³/mol. The Kier molecular flexibility index (Phi) is 5.90. The summed E-state index contributed by atoms with van der Waals surface area (Å²) in [7, 11) is 0. The van der Waals surface area contributed by atoms with Gasteiger partial charge < -0.3 is 9.84 Å². The summed E-state index contributed by atoms with van der Waals surface area (Å²) in [5.41, 5.74) is 0.746. The molecule has 1 heterocycles. The van der Waals surface area contributed by atoms with Crippen LogP contribution in [0.3, 0.4) is 0 Å². The van der Waals surface area contributed by atoms with Crippen molar-refractivity contribution in [1.29, 1.82) is 0 Å². The molecule has 0 spiro atoms. The summed E-state index contributed by atoms with van der Waals surface area (Å²) in [5, 5.41) is 27.9. The SMILES string of the molecule is C[C@H](Sc1nnc(COc2ccc([N+](=O)[O-])cc2)n1-c1ccccc1)C(=O)O. The van der Waals surface area contributed by atoms with Crippen molar-refractivity contribution in [1.82, 2.24) is 14.8 Å². The number of nitro groups is 1. The van der Waals surface area contributed by atoms with Crippen molar-refractivity contribution in [3.8, 4) is 11.4 Å². The van der Waals surface area contributed by atoms with Gasteiger partial charge >= 0.3 is 5.97 Å². The molecule has 0 fully saturated rings. The van der Waals surface area contributed by atoms with Crippen molar-refractivity contribution >= 4 is 23.4 Å². The molecule has 3 rings (SSSR count). The largest absolute Gasteiger partial charge is 0.486 e. The van der Waals surface area contributed by atoms with Gasteiger partial charge in [-0.1, -0.05) is 30.0 Å². The number of ether oxygens (including phenoxy) is 1. The number of carbonyl (C=O) groups is 1.